The first-order chi connectivity index (χ1) is 8.89. The van der Waals surface area contributed by atoms with Crippen LogP contribution in [0.15, 0.2) is 0 Å². The molecular formula is C15H33NO4. The van der Waals surface area contributed by atoms with E-state index in [9.17, 15) is 4.79 Å². The summed E-state index contributed by atoms with van der Waals surface area (Å²) in [5, 5.41) is 20.1. The highest BCUT2D eigenvalue weighted by Crippen LogP contribution is 2.08. The number of hydrogen-bond donors (Lipinski definition) is 3. The Balaban J connectivity index is 0. The van der Waals surface area contributed by atoms with E-state index in [2.05, 4.69) is 33.0 Å². The first kappa shape index (κ1) is 21.5. The van der Waals surface area contributed by atoms with E-state index >= 15 is 0 Å². The fourth-order valence-electron chi connectivity index (χ4n) is 1.02. The highest BCUT2D eigenvalue weighted by Gasteiger charge is 2.18. The molecule has 0 spiro atoms. The van der Waals surface area contributed by atoms with Gasteiger partial charge in [-0.05, 0) is 39.0 Å². The van der Waals surface area contributed by atoms with E-state index in [1.54, 1.807) is 20.8 Å². The van der Waals surface area contributed by atoms with Gasteiger partial charge in [0.05, 0.1) is 12.6 Å². The second-order valence-corrected chi connectivity index (χ2v) is 7.39. The highest BCUT2D eigenvalue weighted by molar-refractivity contribution is 5.68. The lowest BCUT2D eigenvalue weighted by atomic mass is 10.0. The van der Waals surface area contributed by atoms with Gasteiger partial charge in [0.15, 0.2) is 0 Å². The SMILES string of the molecule is CC(C)(C)C.CC(C)(C)OC(=O)NC(CO)CCCO. The van der Waals surface area contributed by atoms with Crippen LogP contribution in [0.3, 0.4) is 0 Å². The van der Waals surface area contributed by atoms with Crippen LogP contribution in [0.1, 0.15) is 61.3 Å². The molecule has 0 aliphatic heterocycles. The zero-order valence-corrected chi connectivity index (χ0v) is 14.1. The van der Waals surface area contributed by atoms with Crippen molar-refractivity contribution in [2.75, 3.05) is 13.2 Å². The summed E-state index contributed by atoms with van der Waals surface area (Å²) < 4.78 is 5.03. The predicted octanol–water partition coefficient (Wildman–Crippen LogP) is 2.70. The van der Waals surface area contributed by atoms with Gasteiger partial charge in [-0.1, -0.05) is 27.7 Å². The van der Waals surface area contributed by atoms with Crippen molar-refractivity contribution in [3.8, 4) is 0 Å². The molecule has 0 aliphatic rings. The number of hydrogen-bond acceptors (Lipinski definition) is 4. The summed E-state index contributed by atoms with van der Waals surface area (Å²) in [7, 11) is 0. The Bertz CT molecular complexity index is 248. The maximum atomic E-state index is 11.3. The molecule has 0 saturated heterocycles. The molecule has 5 nitrogen and oxygen atoms in total. The summed E-state index contributed by atoms with van der Waals surface area (Å²) in [6.45, 7) is 14.0. The molecule has 0 aliphatic carbocycles. The highest BCUT2D eigenvalue weighted by atomic mass is 16.6. The minimum Gasteiger partial charge on any atom is -0.444 e. The lowest BCUT2D eigenvalue weighted by Crippen LogP contribution is -2.41. The largest absolute Gasteiger partial charge is 0.444 e. The molecule has 0 aromatic carbocycles. The fraction of sp³-hybridized carbons (Fsp3) is 0.933. The number of carbonyl (C=O) groups is 1. The summed E-state index contributed by atoms with van der Waals surface area (Å²) in [5.74, 6) is 0. The molecule has 20 heavy (non-hydrogen) atoms. The summed E-state index contributed by atoms with van der Waals surface area (Å²) in [5.41, 5.74) is -0.0406. The van der Waals surface area contributed by atoms with Gasteiger partial charge in [-0.25, -0.2) is 4.79 Å². The third-order valence-corrected chi connectivity index (χ3v) is 1.65. The van der Waals surface area contributed by atoms with Crippen molar-refractivity contribution in [3.05, 3.63) is 0 Å². The zero-order chi connectivity index (χ0) is 16.4. The Labute approximate surface area is 123 Å². The molecule has 1 atom stereocenters. The van der Waals surface area contributed by atoms with Crippen LogP contribution in [0.4, 0.5) is 4.79 Å². The zero-order valence-electron chi connectivity index (χ0n) is 14.1. The number of rotatable bonds is 5. The number of nitrogens with one attached hydrogen (secondary N) is 1. The second-order valence-electron chi connectivity index (χ2n) is 7.39. The van der Waals surface area contributed by atoms with Crippen LogP contribution in [0.5, 0.6) is 0 Å². The number of alkyl carbamates (subject to hydrolysis) is 1. The van der Waals surface area contributed by atoms with Crippen molar-refractivity contribution in [2.24, 2.45) is 5.41 Å². The molecule has 0 aromatic heterocycles. The fourth-order valence-corrected chi connectivity index (χ4v) is 1.02. The van der Waals surface area contributed by atoms with Crippen LogP contribution in [0, 0.1) is 5.41 Å². The van der Waals surface area contributed by atoms with Crippen LogP contribution in [0.2, 0.25) is 0 Å². The molecule has 0 radical (unpaired) electrons. The monoisotopic (exact) mass is 291 g/mol. The van der Waals surface area contributed by atoms with Gasteiger partial charge in [0.1, 0.15) is 5.60 Å². The van der Waals surface area contributed by atoms with E-state index in [-0.39, 0.29) is 19.3 Å². The molecule has 3 N–H and O–H groups in total. The molecular weight excluding hydrogens is 258 g/mol. The standard InChI is InChI=1S/C10H21NO4.C5H12/c1-10(2,3)15-9(14)11-8(7-13)5-4-6-12;1-5(2,3)4/h8,12-13H,4-7H2,1-3H3,(H,11,14);1-4H3. The van der Waals surface area contributed by atoms with Gasteiger partial charge in [0, 0.05) is 6.61 Å². The van der Waals surface area contributed by atoms with Gasteiger partial charge >= 0.3 is 6.09 Å². The third kappa shape index (κ3) is 22.4. The quantitative estimate of drug-likeness (QED) is 0.727. The molecule has 0 fully saturated rings. The van der Waals surface area contributed by atoms with Crippen molar-refractivity contribution < 1.29 is 19.7 Å². The summed E-state index contributed by atoms with van der Waals surface area (Å²) >= 11 is 0. The minimum absolute atomic E-state index is 0.0481. The number of aliphatic hydroxyl groups is 2. The van der Waals surface area contributed by atoms with Crippen LogP contribution in [-0.4, -0.2) is 41.2 Å². The molecule has 0 aromatic rings. The molecule has 0 saturated carbocycles. The molecule has 0 rings (SSSR count). The maximum absolute atomic E-state index is 11.3. The van der Waals surface area contributed by atoms with Crippen molar-refractivity contribution >= 4 is 6.09 Å². The van der Waals surface area contributed by atoms with Gasteiger partial charge in [0.2, 0.25) is 0 Å². The van der Waals surface area contributed by atoms with Crippen molar-refractivity contribution in [3.63, 3.8) is 0 Å². The normalized spacial score (nSPS) is 13.1. The smallest absolute Gasteiger partial charge is 0.407 e. The van der Waals surface area contributed by atoms with E-state index < -0.39 is 11.7 Å². The summed E-state index contributed by atoms with van der Waals surface area (Å²) in [6, 6.07) is -0.355. The average molecular weight is 291 g/mol. The van der Waals surface area contributed by atoms with E-state index in [1.165, 1.54) is 0 Å². The number of aliphatic hydroxyl groups excluding tert-OH is 2. The number of amides is 1. The van der Waals surface area contributed by atoms with Crippen molar-refractivity contribution in [2.45, 2.75) is 73.0 Å². The van der Waals surface area contributed by atoms with Gasteiger partial charge < -0.3 is 20.3 Å². The van der Waals surface area contributed by atoms with E-state index in [0.29, 0.717) is 18.3 Å². The first-order valence-electron chi connectivity index (χ1n) is 7.10. The first-order valence-corrected chi connectivity index (χ1v) is 7.10. The second kappa shape index (κ2) is 10.00. The molecule has 122 valence electrons. The van der Waals surface area contributed by atoms with Crippen LogP contribution in [-0.2, 0) is 4.74 Å². The Morgan fingerprint density at radius 3 is 1.85 bits per heavy atom. The Kier molecular flexibility index (Phi) is 10.7. The topological polar surface area (TPSA) is 78.8 Å². The summed E-state index contributed by atoms with van der Waals surface area (Å²) in [4.78, 5) is 11.3. The Morgan fingerprint density at radius 1 is 1.10 bits per heavy atom. The van der Waals surface area contributed by atoms with E-state index in [4.69, 9.17) is 14.9 Å². The van der Waals surface area contributed by atoms with Gasteiger partial charge in [-0.3, -0.25) is 0 Å². The average Bonchev–Trinajstić information content (AvgIpc) is 2.19. The lowest BCUT2D eigenvalue weighted by Gasteiger charge is -2.22. The molecule has 0 bridgehead atoms. The minimum atomic E-state index is -0.542. The van der Waals surface area contributed by atoms with Crippen molar-refractivity contribution in [1.29, 1.82) is 0 Å². The third-order valence-electron chi connectivity index (χ3n) is 1.65. The van der Waals surface area contributed by atoms with Crippen molar-refractivity contribution in [1.82, 2.24) is 5.32 Å². The lowest BCUT2D eigenvalue weighted by molar-refractivity contribution is 0.0476. The van der Waals surface area contributed by atoms with Crippen LogP contribution >= 0.6 is 0 Å². The molecule has 0 heterocycles. The predicted molar refractivity (Wildman–Crippen MR) is 81.7 cm³/mol. The van der Waals surface area contributed by atoms with Gasteiger partial charge in [-0.15, -0.1) is 0 Å². The maximum Gasteiger partial charge on any atom is 0.407 e. The molecule has 1 unspecified atom stereocenters. The van der Waals surface area contributed by atoms with Gasteiger partial charge in [-0.2, -0.15) is 0 Å². The summed E-state index contributed by atoms with van der Waals surface area (Å²) in [6.07, 6.45) is 0.535. The Hall–Kier alpha value is -0.810. The molecule has 1 amide bonds. The molecule has 5 heteroatoms. The van der Waals surface area contributed by atoms with E-state index in [1.807, 2.05) is 0 Å². The van der Waals surface area contributed by atoms with Crippen LogP contribution < -0.4 is 5.32 Å². The number of ether oxygens (including phenoxy) is 1. The van der Waals surface area contributed by atoms with E-state index in [0.717, 1.165) is 0 Å². The Morgan fingerprint density at radius 2 is 1.55 bits per heavy atom. The number of carbonyl (C=O) groups excluding carboxylic acids is 1. The van der Waals surface area contributed by atoms with Gasteiger partial charge in [0.25, 0.3) is 0 Å². The van der Waals surface area contributed by atoms with Crippen LogP contribution in [0.25, 0.3) is 0 Å².